The van der Waals surface area contributed by atoms with Gasteiger partial charge in [-0.05, 0) is 35.2 Å². The fourth-order valence-electron chi connectivity index (χ4n) is 4.15. The molecule has 1 aliphatic heterocycles. The summed E-state index contributed by atoms with van der Waals surface area (Å²) in [6, 6.07) is 19.9. The Morgan fingerprint density at radius 1 is 0.944 bits per heavy atom. The van der Waals surface area contributed by atoms with E-state index in [-0.39, 0.29) is 16.9 Å². The summed E-state index contributed by atoms with van der Waals surface area (Å²) in [6.07, 6.45) is 0. The number of nitrogens with two attached hydrogens (primary N) is 1. The number of carbonyl (C=O) groups is 1. The molecule has 0 saturated carbocycles. The van der Waals surface area contributed by atoms with E-state index in [1.54, 1.807) is 56.7 Å². The zero-order valence-electron chi connectivity index (χ0n) is 20.9. The molecular weight excluding hydrogens is 456 g/mol. The van der Waals surface area contributed by atoms with Crippen molar-refractivity contribution >= 4 is 5.97 Å². The second-order valence-electron chi connectivity index (χ2n) is 9.45. The summed E-state index contributed by atoms with van der Waals surface area (Å²) in [6.45, 7) is 6.33. The van der Waals surface area contributed by atoms with Gasteiger partial charge in [-0.15, -0.1) is 0 Å². The van der Waals surface area contributed by atoms with Crippen LogP contribution in [-0.4, -0.2) is 20.2 Å². The molecule has 184 valence electrons. The largest absolute Gasteiger partial charge is 0.497 e. The smallest absolute Gasteiger partial charge is 0.343 e. The molecule has 3 aromatic carbocycles. The van der Waals surface area contributed by atoms with Gasteiger partial charge in [0, 0.05) is 23.3 Å². The highest BCUT2D eigenvalue weighted by atomic mass is 16.5. The van der Waals surface area contributed by atoms with Crippen molar-refractivity contribution in [2.45, 2.75) is 32.1 Å². The van der Waals surface area contributed by atoms with Gasteiger partial charge in [-0.2, -0.15) is 5.26 Å². The molecule has 0 fully saturated rings. The number of hydrogen-bond acceptors (Lipinski definition) is 7. The molecule has 7 nitrogen and oxygen atoms in total. The number of nitrogens with zero attached hydrogens (tertiary/aromatic N) is 1. The molecule has 1 atom stereocenters. The zero-order chi connectivity index (χ0) is 26.0. The summed E-state index contributed by atoms with van der Waals surface area (Å²) < 4.78 is 22.3. The summed E-state index contributed by atoms with van der Waals surface area (Å²) in [5.41, 5.74) is 9.36. The number of ether oxygens (including phenoxy) is 4. The van der Waals surface area contributed by atoms with Crippen LogP contribution in [0.5, 0.6) is 23.0 Å². The Morgan fingerprint density at radius 2 is 1.61 bits per heavy atom. The number of carbonyl (C=O) groups excluding carboxylic acids is 1. The lowest BCUT2D eigenvalue weighted by Crippen LogP contribution is -2.21. The lowest BCUT2D eigenvalue weighted by atomic mass is 9.83. The summed E-state index contributed by atoms with van der Waals surface area (Å²) in [4.78, 5) is 12.8. The van der Waals surface area contributed by atoms with Crippen LogP contribution in [0, 0.1) is 11.3 Å². The third-order valence-corrected chi connectivity index (χ3v) is 6.14. The van der Waals surface area contributed by atoms with Crippen LogP contribution in [0.3, 0.4) is 0 Å². The average molecular weight is 485 g/mol. The van der Waals surface area contributed by atoms with E-state index < -0.39 is 11.9 Å². The molecule has 0 radical (unpaired) electrons. The van der Waals surface area contributed by atoms with Crippen molar-refractivity contribution in [2.75, 3.05) is 14.2 Å². The first-order chi connectivity index (χ1) is 17.2. The highest BCUT2D eigenvalue weighted by Gasteiger charge is 2.33. The standard InChI is InChI=1S/C29H28N2O5/c1-29(2,3)18-8-6-17(7-9-18)28(32)35-20-11-13-22-25(15-20)36-27(31)23(16-30)26(22)21-12-10-19(33-4)14-24(21)34-5/h6-15,26H,31H2,1-5H3. The van der Waals surface area contributed by atoms with E-state index >= 15 is 0 Å². The lowest BCUT2D eigenvalue weighted by Gasteiger charge is -2.27. The van der Waals surface area contributed by atoms with Crippen molar-refractivity contribution in [1.29, 1.82) is 5.26 Å². The molecule has 36 heavy (non-hydrogen) atoms. The summed E-state index contributed by atoms with van der Waals surface area (Å²) >= 11 is 0. The first-order valence-corrected chi connectivity index (χ1v) is 11.4. The van der Waals surface area contributed by atoms with Crippen molar-refractivity contribution in [2.24, 2.45) is 5.73 Å². The minimum absolute atomic E-state index is 0.0168. The Hall–Kier alpha value is -4.44. The molecule has 0 spiro atoms. The Morgan fingerprint density at radius 3 is 2.22 bits per heavy atom. The number of fused-ring (bicyclic) bond motifs is 1. The minimum atomic E-state index is -0.533. The van der Waals surface area contributed by atoms with Gasteiger partial charge in [-0.3, -0.25) is 0 Å². The Bertz CT molecular complexity index is 1380. The van der Waals surface area contributed by atoms with Crippen LogP contribution in [-0.2, 0) is 5.41 Å². The Labute approximate surface area is 210 Å². The maximum absolute atomic E-state index is 12.8. The van der Waals surface area contributed by atoms with E-state index in [1.165, 1.54) is 0 Å². The average Bonchev–Trinajstić information content (AvgIpc) is 2.87. The monoisotopic (exact) mass is 484 g/mol. The van der Waals surface area contributed by atoms with Gasteiger partial charge in [0.1, 0.15) is 34.6 Å². The fraction of sp³-hybridized carbons (Fsp3) is 0.241. The van der Waals surface area contributed by atoms with Crippen LogP contribution in [0.25, 0.3) is 0 Å². The predicted molar refractivity (Wildman–Crippen MR) is 135 cm³/mol. The molecule has 3 aromatic rings. The van der Waals surface area contributed by atoms with Gasteiger partial charge in [0.15, 0.2) is 0 Å². The number of hydrogen-bond donors (Lipinski definition) is 1. The Balaban J connectivity index is 1.67. The van der Waals surface area contributed by atoms with Crippen molar-refractivity contribution in [3.05, 3.63) is 94.4 Å². The van der Waals surface area contributed by atoms with E-state index in [0.717, 1.165) is 11.1 Å². The summed E-state index contributed by atoms with van der Waals surface area (Å²) in [5.74, 6) is 0.817. The maximum Gasteiger partial charge on any atom is 0.343 e. The highest BCUT2D eigenvalue weighted by Crippen LogP contribution is 2.46. The Kier molecular flexibility index (Phi) is 6.63. The van der Waals surface area contributed by atoms with Crippen LogP contribution in [0.2, 0.25) is 0 Å². The van der Waals surface area contributed by atoms with E-state index in [2.05, 4.69) is 26.8 Å². The molecule has 0 bridgehead atoms. The van der Waals surface area contributed by atoms with Gasteiger partial charge >= 0.3 is 5.97 Å². The fourth-order valence-corrected chi connectivity index (χ4v) is 4.15. The maximum atomic E-state index is 12.8. The molecule has 1 aliphatic rings. The number of methoxy groups -OCH3 is 2. The van der Waals surface area contributed by atoms with Crippen LogP contribution in [0.4, 0.5) is 0 Å². The van der Waals surface area contributed by atoms with Crippen molar-refractivity contribution in [3.8, 4) is 29.1 Å². The second kappa shape index (κ2) is 9.67. The van der Waals surface area contributed by atoms with Crippen LogP contribution in [0.1, 0.15) is 53.7 Å². The van der Waals surface area contributed by atoms with Crippen molar-refractivity contribution in [1.82, 2.24) is 0 Å². The molecule has 1 heterocycles. The number of rotatable bonds is 5. The number of allylic oxidation sites excluding steroid dienone is 1. The topological polar surface area (TPSA) is 104 Å². The third kappa shape index (κ3) is 4.71. The van der Waals surface area contributed by atoms with Gasteiger partial charge in [0.25, 0.3) is 0 Å². The zero-order valence-corrected chi connectivity index (χ0v) is 20.9. The van der Waals surface area contributed by atoms with Crippen molar-refractivity contribution < 1.29 is 23.7 Å². The molecular formula is C29H28N2O5. The van der Waals surface area contributed by atoms with Gasteiger partial charge in [0.2, 0.25) is 5.88 Å². The lowest BCUT2D eigenvalue weighted by molar-refractivity contribution is 0.0734. The molecule has 0 amide bonds. The quantitative estimate of drug-likeness (QED) is 0.380. The van der Waals surface area contributed by atoms with E-state index in [4.69, 9.17) is 24.7 Å². The molecule has 4 rings (SSSR count). The van der Waals surface area contributed by atoms with Crippen LogP contribution < -0.4 is 24.7 Å². The predicted octanol–water partition coefficient (Wildman–Crippen LogP) is 5.44. The van der Waals surface area contributed by atoms with E-state index in [9.17, 15) is 10.1 Å². The number of benzene rings is 3. The number of esters is 1. The van der Waals surface area contributed by atoms with Gasteiger partial charge in [0.05, 0.1) is 25.7 Å². The first-order valence-electron chi connectivity index (χ1n) is 11.4. The summed E-state index contributed by atoms with van der Waals surface area (Å²) in [5, 5.41) is 9.85. The van der Waals surface area contributed by atoms with Crippen LogP contribution >= 0.6 is 0 Å². The number of nitriles is 1. The van der Waals surface area contributed by atoms with E-state index in [0.29, 0.717) is 34.1 Å². The normalized spacial score (nSPS) is 14.8. The molecule has 0 aromatic heterocycles. The molecule has 1 unspecified atom stereocenters. The molecule has 2 N–H and O–H groups in total. The van der Waals surface area contributed by atoms with Gasteiger partial charge < -0.3 is 24.7 Å². The first kappa shape index (κ1) is 24.7. The SMILES string of the molecule is COc1ccc(C2C(C#N)=C(N)Oc3cc(OC(=O)c4ccc(C(C)(C)C)cc4)ccc32)c(OC)c1. The summed E-state index contributed by atoms with van der Waals surface area (Å²) in [7, 11) is 3.12. The van der Waals surface area contributed by atoms with Crippen LogP contribution in [0.15, 0.2) is 72.1 Å². The minimum Gasteiger partial charge on any atom is -0.497 e. The van der Waals surface area contributed by atoms with Gasteiger partial charge in [-0.25, -0.2) is 4.79 Å². The second-order valence-corrected chi connectivity index (χ2v) is 9.45. The van der Waals surface area contributed by atoms with Crippen molar-refractivity contribution in [3.63, 3.8) is 0 Å². The van der Waals surface area contributed by atoms with E-state index in [1.807, 2.05) is 18.2 Å². The third-order valence-electron chi connectivity index (χ3n) is 6.14. The highest BCUT2D eigenvalue weighted by molar-refractivity contribution is 5.91. The molecule has 0 aliphatic carbocycles. The molecule has 7 heteroatoms. The molecule has 0 saturated heterocycles. The van der Waals surface area contributed by atoms with Gasteiger partial charge in [-0.1, -0.05) is 45.0 Å².